The second-order valence-electron chi connectivity index (χ2n) is 4.37. The standard InChI is InChI=1S/C13H20N2O2/c1-5-11(6-2)14-12-8-13(15(16)17)10(4)7-9(12)3/h7-8,11,14H,5-6H2,1-4H3. The van der Waals surface area contributed by atoms with Crippen LogP contribution in [0.1, 0.15) is 37.8 Å². The molecular weight excluding hydrogens is 216 g/mol. The van der Waals surface area contributed by atoms with Crippen LogP contribution in [0.3, 0.4) is 0 Å². The van der Waals surface area contributed by atoms with Crippen molar-refractivity contribution in [1.82, 2.24) is 0 Å². The van der Waals surface area contributed by atoms with Crippen molar-refractivity contribution in [1.29, 1.82) is 0 Å². The van der Waals surface area contributed by atoms with Gasteiger partial charge in [0, 0.05) is 23.4 Å². The van der Waals surface area contributed by atoms with Crippen LogP contribution in [-0.2, 0) is 0 Å². The van der Waals surface area contributed by atoms with E-state index >= 15 is 0 Å². The lowest BCUT2D eigenvalue weighted by Gasteiger charge is -2.18. The molecule has 0 saturated heterocycles. The molecule has 0 aliphatic heterocycles. The van der Waals surface area contributed by atoms with Crippen LogP contribution in [0.4, 0.5) is 11.4 Å². The fraction of sp³-hybridized carbons (Fsp3) is 0.538. The number of aryl methyl sites for hydroxylation is 2. The van der Waals surface area contributed by atoms with Gasteiger partial charge in [0.1, 0.15) is 0 Å². The molecule has 0 aromatic heterocycles. The van der Waals surface area contributed by atoms with Crippen LogP contribution in [0.15, 0.2) is 12.1 Å². The first kappa shape index (κ1) is 13.5. The van der Waals surface area contributed by atoms with Crippen LogP contribution < -0.4 is 5.32 Å². The molecule has 0 bridgehead atoms. The lowest BCUT2D eigenvalue weighted by molar-refractivity contribution is -0.385. The van der Waals surface area contributed by atoms with E-state index < -0.39 is 0 Å². The normalized spacial score (nSPS) is 10.6. The van der Waals surface area contributed by atoms with Gasteiger partial charge in [0.15, 0.2) is 0 Å². The molecule has 1 N–H and O–H groups in total. The minimum absolute atomic E-state index is 0.184. The zero-order valence-electron chi connectivity index (χ0n) is 10.9. The third-order valence-electron chi connectivity index (χ3n) is 3.08. The summed E-state index contributed by atoms with van der Waals surface area (Å²) < 4.78 is 0. The van der Waals surface area contributed by atoms with Crippen LogP contribution in [0, 0.1) is 24.0 Å². The number of benzene rings is 1. The molecule has 0 atom stereocenters. The Morgan fingerprint density at radius 3 is 2.29 bits per heavy atom. The van der Waals surface area contributed by atoms with E-state index in [1.165, 1.54) is 0 Å². The molecule has 1 rings (SSSR count). The van der Waals surface area contributed by atoms with Gasteiger partial charge < -0.3 is 5.32 Å². The number of rotatable bonds is 5. The van der Waals surface area contributed by atoms with Gasteiger partial charge in [-0.25, -0.2) is 0 Å². The van der Waals surface area contributed by atoms with Gasteiger partial charge in [-0.05, 0) is 38.3 Å². The second-order valence-corrected chi connectivity index (χ2v) is 4.37. The molecule has 0 aliphatic carbocycles. The second kappa shape index (κ2) is 5.66. The van der Waals surface area contributed by atoms with Crippen molar-refractivity contribution in [2.24, 2.45) is 0 Å². The summed E-state index contributed by atoms with van der Waals surface area (Å²) in [7, 11) is 0. The Morgan fingerprint density at radius 1 is 1.24 bits per heavy atom. The van der Waals surface area contributed by atoms with E-state index in [1.807, 2.05) is 13.0 Å². The molecule has 0 aliphatic rings. The van der Waals surface area contributed by atoms with E-state index in [-0.39, 0.29) is 10.6 Å². The maximum absolute atomic E-state index is 10.9. The van der Waals surface area contributed by atoms with Crippen LogP contribution in [-0.4, -0.2) is 11.0 Å². The van der Waals surface area contributed by atoms with Crippen LogP contribution in [0.2, 0.25) is 0 Å². The molecule has 0 fully saturated rings. The van der Waals surface area contributed by atoms with E-state index in [2.05, 4.69) is 19.2 Å². The summed E-state index contributed by atoms with van der Waals surface area (Å²) in [4.78, 5) is 10.6. The van der Waals surface area contributed by atoms with Crippen LogP contribution in [0.5, 0.6) is 0 Å². The Labute approximate surface area is 102 Å². The molecule has 0 saturated carbocycles. The summed E-state index contributed by atoms with van der Waals surface area (Å²) in [6.45, 7) is 7.96. The molecule has 4 heteroatoms. The highest BCUT2D eigenvalue weighted by Crippen LogP contribution is 2.27. The number of nitrogens with one attached hydrogen (secondary N) is 1. The number of hydrogen-bond donors (Lipinski definition) is 1. The molecule has 0 radical (unpaired) electrons. The lowest BCUT2D eigenvalue weighted by Crippen LogP contribution is -2.17. The van der Waals surface area contributed by atoms with Gasteiger partial charge in [-0.2, -0.15) is 0 Å². The fourth-order valence-corrected chi connectivity index (χ4v) is 1.91. The summed E-state index contributed by atoms with van der Waals surface area (Å²) >= 11 is 0. The average molecular weight is 236 g/mol. The molecule has 94 valence electrons. The summed E-state index contributed by atoms with van der Waals surface area (Å²) in [5, 5.41) is 14.3. The Balaban J connectivity index is 3.07. The molecule has 1 aromatic rings. The van der Waals surface area contributed by atoms with Crippen molar-refractivity contribution >= 4 is 11.4 Å². The van der Waals surface area contributed by atoms with Gasteiger partial charge in [-0.15, -0.1) is 0 Å². The first-order chi connectivity index (χ1) is 7.99. The summed E-state index contributed by atoms with van der Waals surface area (Å²) in [6.07, 6.45) is 2.02. The van der Waals surface area contributed by atoms with Crippen LogP contribution in [0.25, 0.3) is 0 Å². The van der Waals surface area contributed by atoms with Crippen molar-refractivity contribution in [3.63, 3.8) is 0 Å². The number of nitro groups is 1. The SMILES string of the molecule is CCC(CC)Nc1cc([N+](=O)[O-])c(C)cc1C. The molecule has 4 nitrogen and oxygen atoms in total. The summed E-state index contributed by atoms with van der Waals surface area (Å²) in [5.41, 5.74) is 2.82. The average Bonchev–Trinajstić information content (AvgIpc) is 2.27. The Bertz CT molecular complexity index is 412. The Morgan fingerprint density at radius 2 is 1.82 bits per heavy atom. The Hall–Kier alpha value is -1.58. The molecule has 0 heterocycles. The number of nitro benzene ring substituents is 1. The predicted octanol–water partition coefficient (Wildman–Crippen LogP) is 3.81. The first-order valence-corrected chi connectivity index (χ1v) is 6.01. The predicted molar refractivity (Wildman–Crippen MR) is 70.6 cm³/mol. The first-order valence-electron chi connectivity index (χ1n) is 6.01. The molecular formula is C13H20N2O2. The number of anilines is 1. The van der Waals surface area contributed by atoms with Gasteiger partial charge in [0.25, 0.3) is 5.69 Å². The van der Waals surface area contributed by atoms with Gasteiger partial charge in [0.2, 0.25) is 0 Å². The summed E-state index contributed by atoms with van der Waals surface area (Å²) in [6, 6.07) is 3.88. The lowest BCUT2D eigenvalue weighted by atomic mass is 10.1. The van der Waals surface area contributed by atoms with E-state index in [9.17, 15) is 10.1 Å². The van der Waals surface area contributed by atoms with Crippen molar-refractivity contribution in [3.8, 4) is 0 Å². The fourth-order valence-electron chi connectivity index (χ4n) is 1.91. The largest absolute Gasteiger partial charge is 0.382 e. The highest BCUT2D eigenvalue weighted by atomic mass is 16.6. The van der Waals surface area contributed by atoms with Gasteiger partial charge in [-0.1, -0.05) is 13.8 Å². The van der Waals surface area contributed by atoms with Crippen LogP contribution >= 0.6 is 0 Å². The van der Waals surface area contributed by atoms with Gasteiger partial charge in [0.05, 0.1) is 4.92 Å². The number of nitrogens with zero attached hydrogens (tertiary/aromatic N) is 1. The monoisotopic (exact) mass is 236 g/mol. The van der Waals surface area contributed by atoms with E-state index in [0.29, 0.717) is 11.6 Å². The minimum Gasteiger partial charge on any atom is -0.382 e. The zero-order valence-corrected chi connectivity index (χ0v) is 10.9. The highest BCUT2D eigenvalue weighted by Gasteiger charge is 2.14. The van der Waals surface area contributed by atoms with E-state index in [0.717, 1.165) is 24.1 Å². The highest BCUT2D eigenvalue weighted by molar-refractivity contribution is 5.60. The smallest absolute Gasteiger partial charge is 0.274 e. The third-order valence-corrected chi connectivity index (χ3v) is 3.08. The molecule has 0 unspecified atom stereocenters. The molecule has 17 heavy (non-hydrogen) atoms. The van der Waals surface area contributed by atoms with Gasteiger partial charge in [-0.3, -0.25) is 10.1 Å². The topological polar surface area (TPSA) is 55.2 Å². The third kappa shape index (κ3) is 3.19. The molecule has 0 spiro atoms. The quantitative estimate of drug-likeness (QED) is 0.624. The van der Waals surface area contributed by atoms with Crippen molar-refractivity contribution < 1.29 is 4.92 Å². The maximum Gasteiger partial charge on any atom is 0.274 e. The number of hydrogen-bond acceptors (Lipinski definition) is 3. The van der Waals surface area contributed by atoms with Crippen molar-refractivity contribution in [3.05, 3.63) is 33.4 Å². The van der Waals surface area contributed by atoms with Gasteiger partial charge >= 0.3 is 0 Å². The zero-order chi connectivity index (χ0) is 13.0. The van der Waals surface area contributed by atoms with Crippen molar-refractivity contribution in [2.75, 3.05) is 5.32 Å². The Kier molecular flexibility index (Phi) is 4.49. The molecule has 1 aromatic carbocycles. The molecule has 0 amide bonds. The van der Waals surface area contributed by atoms with E-state index in [1.54, 1.807) is 13.0 Å². The van der Waals surface area contributed by atoms with E-state index in [4.69, 9.17) is 0 Å². The van der Waals surface area contributed by atoms with Crippen molar-refractivity contribution in [2.45, 2.75) is 46.6 Å². The maximum atomic E-state index is 10.9. The minimum atomic E-state index is -0.327. The summed E-state index contributed by atoms with van der Waals surface area (Å²) in [5.74, 6) is 0.